The summed E-state index contributed by atoms with van der Waals surface area (Å²) < 4.78 is 13.1. The van der Waals surface area contributed by atoms with E-state index >= 15 is 0 Å². The summed E-state index contributed by atoms with van der Waals surface area (Å²) in [6.07, 6.45) is 3.48. The van der Waals surface area contributed by atoms with E-state index in [0.717, 1.165) is 30.5 Å². The number of hydrogen-bond donors (Lipinski definition) is 1. The predicted octanol–water partition coefficient (Wildman–Crippen LogP) is 2.18. The van der Waals surface area contributed by atoms with Crippen LogP contribution in [0.15, 0.2) is 30.3 Å². The molecule has 0 aliphatic carbocycles. The molecule has 0 aromatic heterocycles. The monoisotopic (exact) mass is 262 g/mol. The van der Waals surface area contributed by atoms with E-state index in [1.807, 2.05) is 6.92 Å². The Morgan fingerprint density at radius 2 is 2.32 bits per heavy atom. The minimum absolute atomic E-state index is 0.0445. The van der Waals surface area contributed by atoms with E-state index in [9.17, 15) is 9.18 Å². The zero-order chi connectivity index (χ0) is 13.8. The first kappa shape index (κ1) is 13.7. The van der Waals surface area contributed by atoms with Crippen LogP contribution in [0.25, 0.3) is 5.57 Å². The van der Waals surface area contributed by atoms with E-state index in [0.29, 0.717) is 6.54 Å². The lowest BCUT2D eigenvalue weighted by Gasteiger charge is -2.30. The summed E-state index contributed by atoms with van der Waals surface area (Å²) in [4.78, 5) is 13.9. The molecule has 0 saturated carbocycles. The van der Waals surface area contributed by atoms with E-state index in [4.69, 9.17) is 5.73 Å². The van der Waals surface area contributed by atoms with E-state index < -0.39 is 0 Å². The summed E-state index contributed by atoms with van der Waals surface area (Å²) in [5.41, 5.74) is 7.36. The van der Waals surface area contributed by atoms with E-state index in [-0.39, 0.29) is 17.8 Å². The zero-order valence-corrected chi connectivity index (χ0v) is 11.1. The number of nitrogens with zero attached hydrogens (tertiary/aromatic N) is 1. The van der Waals surface area contributed by atoms with Crippen molar-refractivity contribution in [1.29, 1.82) is 0 Å². The highest BCUT2D eigenvalue weighted by atomic mass is 19.1. The van der Waals surface area contributed by atoms with E-state index in [1.165, 1.54) is 12.1 Å². The maximum atomic E-state index is 13.1. The molecule has 1 aromatic carbocycles. The smallest absolute Gasteiger partial charge is 0.246 e. The highest BCUT2D eigenvalue weighted by Gasteiger charge is 2.19. The Kier molecular flexibility index (Phi) is 4.32. The molecule has 19 heavy (non-hydrogen) atoms. The van der Waals surface area contributed by atoms with Gasteiger partial charge >= 0.3 is 0 Å². The van der Waals surface area contributed by atoms with Crippen LogP contribution in [0, 0.1) is 5.82 Å². The fourth-order valence-corrected chi connectivity index (χ4v) is 2.30. The van der Waals surface area contributed by atoms with Crippen molar-refractivity contribution >= 4 is 11.5 Å². The first-order valence-corrected chi connectivity index (χ1v) is 6.55. The molecular formula is C15H19FN2O. The molecule has 4 heteroatoms. The zero-order valence-electron chi connectivity index (χ0n) is 11.1. The molecule has 0 radical (unpaired) electrons. The second-order valence-electron chi connectivity index (χ2n) is 5.02. The second-order valence-corrected chi connectivity index (χ2v) is 5.02. The van der Waals surface area contributed by atoms with Gasteiger partial charge in [-0.2, -0.15) is 0 Å². The lowest BCUT2D eigenvalue weighted by atomic mass is 10.0. The average Bonchev–Trinajstić information content (AvgIpc) is 2.38. The highest BCUT2D eigenvalue weighted by molar-refractivity contribution is 5.94. The van der Waals surface area contributed by atoms with Crippen molar-refractivity contribution < 1.29 is 9.18 Å². The molecule has 1 aromatic rings. The van der Waals surface area contributed by atoms with Crippen molar-refractivity contribution in [2.45, 2.75) is 25.8 Å². The Morgan fingerprint density at radius 1 is 1.53 bits per heavy atom. The number of piperidine rings is 1. The van der Waals surface area contributed by atoms with Gasteiger partial charge in [-0.25, -0.2) is 4.39 Å². The lowest BCUT2D eigenvalue weighted by Crippen LogP contribution is -2.45. The number of carbonyl (C=O) groups is 1. The minimum atomic E-state index is -0.294. The van der Waals surface area contributed by atoms with Gasteiger partial charge in [-0.05, 0) is 43.0 Å². The molecule has 1 amide bonds. The summed E-state index contributed by atoms with van der Waals surface area (Å²) in [6.45, 7) is 3.17. The van der Waals surface area contributed by atoms with Gasteiger partial charge in [0.25, 0.3) is 0 Å². The van der Waals surface area contributed by atoms with Crippen molar-refractivity contribution in [3.63, 3.8) is 0 Å². The molecule has 3 nitrogen and oxygen atoms in total. The van der Waals surface area contributed by atoms with Crippen molar-refractivity contribution in [2.75, 3.05) is 13.1 Å². The van der Waals surface area contributed by atoms with Gasteiger partial charge in [0.15, 0.2) is 0 Å². The van der Waals surface area contributed by atoms with Crippen LogP contribution in [0.2, 0.25) is 0 Å². The third-order valence-electron chi connectivity index (χ3n) is 3.39. The Bertz CT molecular complexity index is 499. The van der Waals surface area contributed by atoms with Gasteiger partial charge < -0.3 is 10.6 Å². The van der Waals surface area contributed by atoms with Crippen LogP contribution in [0.4, 0.5) is 4.39 Å². The number of carbonyl (C=O) groups excluding carboxylic acids is 1. The molecule has 2 N–H and O–H groups in total. The molecule has 0 spiro atoms. The van der Waals surface area contributed by atoms with Gasteiger partial charge in [-0.3, -0.25) is 4.79 Å². The number of nitrogens with two attached hydrogens (primary N) is 1. The average molecular weight is 262 g/mol. The molecular weight excluding hydrogens is 243 g/mol. The molecule has 2 rings (SSSR count). The van der Waals surface area contributed by atoms with Gasteiger partial charge in [0.1, 0.15) is 5.82 Å². The SMILES string of the molecule is CC(=CC(=O)N1CCCC(N)C1)c1cccc(F)c1. The molecule has 102 valence electrons. The number of halogens is 1. The third kappa shape index (κ3) is 3.64. The standard InChI is InChI=1S/C15H19FN2O/c1-11(12-4-2-5-13(16)9-12)8-15(19)18-7-3-6-14(17)10-18/h2,4-5,8-9,14H,3,6-7,10,17H2,1H3. The predicted molar refractivity (Wildman–Crippen MR) is 73.8 cm³/mol. The fraction of sp³-hybridized carbons (Fsp3) is 0.400. The number of rotatable bonds is 2. The fourth-order valence-electron chi connectivity index (χ4n) is 2.30. The summed E-state index contributed by atoms with van der Waals surface area (Å²) in [5, 5.41) is 0. The summed E-state index contributed by atoms with van der Waals surface area (Å²) in [7, 11) is 0. The van der Waals surface area contributed by atoms with Crippen LogP contribution in [0.1, 0.15) is 25.3 Å². The van der Waals surface area contributed by atoms with Crippen LogP contribution in [0.3, 0.4) is 0 Å². The van der Waals surface area contributed by atoms with Gasteiger partial charge in [-0.1, -0.05) is 12.1 Å². The van der Waals surface area contributed by atoms with E-state index in [1.54, 1.807) is 23.1 Å². The largest absolute Gasteiger partial charge is 0.338 e. The number of likely N-dealkylation sites (tertiary alicyclic amines) is 1. The van der Waals surface area contributed by atoms with Crippen LogP contribution in [-0.2, 0) is 4.79 Å². The van der Waals surface area contributed by atoms with Crippen molar-refractivity contribution in [2.24, 2.45) is 5.73 Å². The normalized spacial score (nSPS) is 20.5. The Morgan fingerprint density at radius 3 is 3.00 bits per heavy atom. The minimum Gasteiger partial charge on any atom is -0.338 e. The number of allylic oxidation sites excluding steroid dienone is 1. The Labute approximate surface area is 112 Å². The first-order valence-electron chi connectivity index (χ1n) is 6.55. The molecule has 1 atom stereocenters. The maximum Gasteiger partial charge on any atom is 0.246 e. The summed E-state index contributed by atoms with van der Waals surface area (Å²) in [6, 6.07) is 6.33. The maximum absolute atomic E-state index is 13.1. The number of hydrogen-bond acceptors (Lipinski definition) is 2. The lowest BCUT2D eigenvalue weighted by molar-refractivity contribution is -0.127. The van der Waals surface area contributed by atoms with Crippen LogP contribution >= 0.6 is 0 Å². The Hall–Kier alpha value is -1.68. The molecule has 1 aliphatic rings. The molecule has 1 aliphatic heterocycles. The molecule has 1 fully saturated rings. The number of benzene rings is 1. The van der Waals surface area contributed by atoms with Crippen LogP contribution in [-0.4, -0.2) is 29.9 Å². The van der Waals surface area contributed by atoms with Crippen LogP contribution in [0.5, 0.6) is 0 Å². The summed E-state index contributed by atoms with van der Waals surface area (Å²) in [5.74, 6) is -0.338. The van der Waals surface area contributed by atoms with Crippen molar-refractivity contribution in [1.82, 2.24) is 4.90 Å². The first-order chi connectivity index (χ1) is 9.06. The second kappa shape index (κ2) is 5.97. The third-order valence-corrected chi connectivity index (χ3v) is 3.39. The van der Waals surface area contributed by atoms with Gasteiger partial charge in [0.05, 0.1) is 0 Å². The van der Waals surface area contributed by atoms with Gasteiger partial charge in [0, 0.05) is 25.2 Å². The molecule has 1 heterocycles. The van der Waals surface area contributed by atoms with Gasteiger partial charge in [0.2, 0.25) is 5.91 Å². The quantitative estimate of drug-likeness (QED) is 0.830. The van der Waals surface area contributed by atoms with Gasteiger partial charge in [-0.15, -0.1) is 0 Å². The topological polar surface area (TPSA) is 46.3 Å². The molecule has 1 unspecified atom stereocenters. The van der Waals surface area contributed by atoms with Crippen molar-refractivity contribution in [3.8, 4) is 0 Å². The molecule has 1 saturated heterocycles. The highest BCUT2D eigenvalue weighted by Crippen LogP contribution is 2.16. The van der Waals surface area contributed by atoms with Crippen molar-refractivity contribution in [3.05, 3.63) is 41.7 Å². The van der Waals surface area contributed by atoms with Crippen LogP contribution < -0.4 is 5.73 Å². The molecule has 0 bridgehead atoms. The Balaban J connectivity index is 2.09. The van der Waals surface area contributed by atoms with E-state index in [2.05, 4.69) is 0 Å². The summed E-state index contributed by atoms with van der Waals surface area (Å²) >= 11 is 0. The number of amides is 1.